The zero-order valence-electron chi connectivity index (χ0n) is 17.5. The largest absolute Gasteiger partial charge is 0.457 e. The minimum atomic E-state index is -3.32. The van der Waals surface area contributed by atoms with Crippen LogP contribution in [-0.2, 0) is 16.6 Å². The van der Waals surface area contributed by atoms with Gasteiger partial charge in [-0.05, 0) is 73.0 Å². The molecule has 2 aromatic rings. The van der Waals surface area contributed by atoms with E-state index in [0.717, 1.165) is 31.7 Å². The molecular weight excluding hydrogens is 396 g/mol. The molecule has 30 heavy (non-hydrogen) atoms. The van der Waals surface area contributed by atoms with E-state index < -0.39 is 10.0 Å². The van der Waals surface area contributed by atoms with E-state index in [9.17, 15) is 8.42 Å². The van der Waals surface area contributed by atoms with Gasteiger partial charge in [-0.3, -0.25) is 4.31 Å². The molecule has 0 spiro atoms. The second-order valence-electron chi connectivity index (χ2n) is 8.35. The third-order valence-electron chi connectivity index (χ3n) is 5.87. The summed E-state index contributed by atoms with van der Waals surface area (Å²) in [6.45, 7) is 2.48. The summed E-state index contributed by atoms with van der Waals surface area (Å²) in [5, 5.41) is 0. The first-order valence-electron chi connectivity index (χ1n) is 10.7. The molecule has 1 heterocycles. The maximum atomic E-state index is 12.4. The molecule has 2 aliphatic rings. The maximum Gasteiger partial charge on any atom is 0.232 e. The Bertz CT molecular complexity index is 963. The summed E-state index contributed by atoms with van der Waals surface area (Å²) in [5.41, 5.74) is 1.95. The standard InChI is InChI=1S/C24H30N2O3S/c1-30(27,28)26(19-20-6-3-2-4-7-20)22-10-14-24(15-11-22)29-23-12-8-21(9-13-23)18-25-16-5-17-25/h5,8-16,20H,2-4,6-7,17-19H2,1H3. The van der Waals surface area contributed by atoms with Crippen molar-refractivity contribution in [2.24, 2.45) is 5.92 Å². The zero-order valence-corrected chi connectivity index (χ0v) is 18.4. The maximum absolute atomic E-state index is 12.4. The molecule has 0 amide bonds. The van der Waals surface area contributed by atoms with Crippen molar-refractivity contribution >= 4 is 15.7 Å². The monoisotopic (exact) mass is 426 g/mol. The number of hydrogen-bond acceptors (Lipinski definition) is 4. The predicted molar refractivity (Wildman–Crippen MR) is 121 cm³/mol. The lowest BCUT2D eigenvalue weighted by Crippen LogP contribution is -2.35. The first kappa shape index (κ1) is 20.8. The molecule has 1 aliphatic carbocycles. The van der Waals surface area contributed by atoms with Crippen molar-refractivity contribution in [2.45, 2.75) is 38.6 Å². The first-order valence-corrected chi connectivity index (χ1v) is 12.6. The van der Waals surface area contributed by atoms with E-state index in [1.54, 1.807) is 4.31 Å². The summed E-state index contributed by atoms with van der Waals surface area (Å²) in [6, 6.07) is 15.4. The Hall–Kier alpha value is -2.47. The van der Waals surface area contributed by atoms with Gasteiger partial charge in [0.15, 0.2) is 0 Å². The Balaban J connectivity index is 1.40. The SMILES string of the molecule is CS(=O)(=O)N(CC1CCCCC1)c1ccc(Oc2ccc(CN3C=CC3)cc2)cc1. The van der Waals surface area contributed by atoms with Gasteiger partial charge in [-0.15, -0.1) is 0 Å². The van der Waals surface area contributed by atoms with E-state index in [-0.39, 0.29) is 0 Å². The van der Waals surface area contributed by atoms with Crippen LogP contribution in [0.5, 0.6) is 11.5 Å². The molecule has 1 saturated carbocycles. The Kier molecular flexibility index (Phi) is 6.32. The van der Waals surface area contributed by atoms with Crippen molar-refractivity contribution < 1.29 is 13.2 Å². The fraction of sp³-hybridized carbons (Fsp3) is 0.417. The Morgan fingerprint density at radius 1 is 0.967 bits per heavy atom. The molecule has 0 aromatic heterocycles. The second kappa shape index (κ2) is 9.13. The third-order valence-corrected chi connectivity index (χ3v) is 7.04. The highest BCUT2D eigenvalue weighted by Gasteiger charge is 2.23. The summed E-state index contributed by atoms with van der Waals surface area (Å²) < 4.78 is 32.3. The van der Waals surface area contributed by atoms with Crippen LogP contribution in [0.1, 0.15) is 37.7 Å². The Labute approximate surface area is 180 Å². The van der Waals surface area contributed by atoms with E-state index in [0.29, 0.717) is 23.9 Å². The number of rotatable bonds is 8. The van der Waals surface area contributed by atoms with Gasteiger partial charge >= 0.3 is 0 Å². The van der Waals surface area contributed by atoms with Gasteiger partial charge in [0.2, 0.25) is 10.0 Å². The number of nitrogens with zero attached hydrogens (tertiary/aromatic N) is 2. The lowest BCUT2D eigenvalue weighted by molar-refractivity contribution is 0.366. The number of ether oxygens (including phenoxy) is 1. The topological polar surface area (TPSA) is 49.9 Å². The van der Waals surface area contributed by atoms with Gasteiger partial charge < -0.3 is 9.64 Å². The molecule has 6 heteroatoms. The quantitative estimate of drug-likeness (QED) is 0.585. The number of hydrogen-bond donors (Lipinski definition) is 0. The van der Waals surface area contributed by atoms with Gasteiger partial charge in [-0.2, -0.15) is 0 Å². The molecular formula is C24H30N2O3S. The van der Waals surface area contributed by atoms with Crippen LogP contribution in [0, 0.1) is 5.92 Å². The van der Waals surface area contributed by atoms with E-state index in [1.165, 1.54) is 31.1 Å². The Morgan fingerprint density at radius 2 is 1.57 bits per heavy atom. The summed E-state index contributed by atoms with van der Waals surface area (Å²) in [5.74, 6) is 1.91. The molecule has 1 fully saturated rings. The van der Waals surface area contributed by atoms with Gasteiger partial charge in [-0.1, -0.05) is 31.4 Å². The average molecular weight is 427 g/mol. The highest BCUT2D eigenvalue weighted by atomic mass is 32.2. The summed E-state index contributed by atoms with van der Waals surface area (Å²) in [7, 11) is -3.32. The normalized spacial score (nSPS) is 16.9. The van der Waals surface area contributed by atoms with E-state index >= 15 is 0 Å². The summed E-state index contributed by atoms with van der Waals surface area (Å²) >= 11 is 0. The van der Waals surface area contributed by atoms with Crippen LogP contribution >= 0.6 is 0 Å². The van der Waals surface area contributed by atoms with Crippen molar-refractivity contribution in [2.75, 3.05) is 23.7 Å². The van der Waals surface area contributed by atoms with Crippen LogP contribution in [0.3, 0.4) is 0 Å². The van der Waals surface area contributed by atoms with Gasteiger partial charge in [0.25, 0.3) is 0 Å². The highest BCUT2D eigenvalue weighted by Crippen LogP contribution is 2.30. The molecule has 0 bridgehead atoms. The average Bonchev–Trinajstić information content (AvgIpc) is 2.71. The number of benzene rings is 2. The smallest absolute Gasteiger partial charge is 0.232 e. The van der Waals surface area contributed by atoms with Crippen molar-refractivity contribution in [3.63, 3.8) is 0 Å². The third kappa shape index (κ3) is 5.36. The molecule has 4 rings (SSSR count). The van der Waals surface area contributed by atoms with Crippen molar-refractivity contribution in [3.05, 3.63) is 66.4 Å². The fourth-order valence-electron chi connectivity index (χ4n) is 4.12. The van der Waals surface area contributed by atoms with Crippen molar-refractivity contribution in [3.8, 4) is 11.5 Å². The zero-order chi connectivity index (χ0) is 21.0. The first-order chi connectivity index (χ1) is 14.5. The van der Waals surface area contributed by atoms with E-state index in [4.69, 9.17) is 4.74 Å². The summed E-state index contributed by atoms with van der Waals surface area (Å²) in [6.07, 6.45) is 11.4. The van der Waals surface area contributed by atoms with E-state index in [2.05, 4.69) is 29.3 Å². The lowest BCUT2D eigenvalue weighted by Gasteiger charge is -2.29. The van der Waals surface area contributed by atoms with Gasteiger partial charge in [-0.25, -0.2) is 8.42 Å². The van der Waals surface area contributed by atoms with Crippen LogP contribution in [-0.4, -0.2) is 32.7 Å². The lowest BCUT2D eigenvalue weighted by atomic mass is 9.89. The van der Waals surface area contributed by atoms with Gasteiger partial charge in [0.05, 0.1) is 11.9 Å². The van der Waals surface area contributed by atoms with Crippen molar-refractivity contribution in [1.29, 1.82) is 0 Å². The molecule has 5 nitrogen and oxygen atoms in total. The molecule has 0 N–H and O–H groups in total. The van der Waals surface area contributed by atoms with Gasteiger partial charge in [0.1, 0.15) is 11.5 Å². The molecule has 0 atom stereocenters. The number of sulfonamides is 1. The van der Waals surface area contributed by atoms with Crippen LogP contribution in [0.25, 0.3) is 0 Å². The Morgan fingerprint density at radius 3 is 2.10 bits per heavy atom. The van der Waals surface area contributed by atoms with Crippen LogP contribution in [0.15, 0.2) is 60.8 Å². The summed E-state index contributed by atoms with van der Waals surface area (Å²) in [4.78, 5) is 2.25. The van der Waals surface area contributed by atoms with E-state index in [1.807, 2.05) is 36.4 Å². The number of anilines is 1. The van der Waals surface area contributed by atoms with Crippen LogP contribution < -0.4 is 9.04 Å². The minimum absolute atomic E-state index is 0.440. The highest BCUT2D eigenvalue weighted by molar-refractivity contribution is 7.92. The molecule has 0 radical (unpaired) electrons. The fourth-order valence-corrected chi connectivity index (χ4v) is 5.11. The minimum Gasteiger partial charge on any atom is -0.457 e. The van der Waals surface area contributed by atoms with Crippen LogP contribution in [0.2, 0.25) is 0 Å². The second-order valence-corrected chi connectivity index (χ2v) is 10.3. The molecule has 0 saturated heterocycles. The van der Waals surface area contributed by atoms with Crippen molar-refractivity contribution in [1.82, 2.24) is 4.90 Å². The van der Waals surface area contributed by atoms with Gasteiger partial charge in [0, 0.05) is 19.6 Å². The molecule has 0 unspecified atom stereocenters. The predicted octanol–water partition coefficient (Wildman–Crippen LogP) is 5.15. The molecule has 1 aliphatic heterocycles. The molecule has 160 valence electrons. The molecule has 2 aromatic carbocycles. The van der Waals surface area contributed by atoms with Crippen LogP contribution in [0.4, 0.5) is 5.69 Å².